The standard InChI is InChI=1S/C21H15N5O2/c1-14-20(13-24)18(25)28-21(14,16-7-3-2-4-8-16)27-17(19(20,11-22)12-23)15-6-5-9-26-10-15/h2-10,14,17,25H,1H3. The minimum atomic E-state index is -1.98. The van der Waals surface area contributed by atoms with E-state index in [2.05, 4.69) is 11.1 Å². The first-order chi connectivity index (χ1) is 13.5. The highest BCUT2D eigenvalue weighted by Crippen LogP contribution is 2.68. The van der Waals surface area contributed by atoms with E-state index >= 15 is 0 Å². The minimum Gasteiger partial charge on any atom is -0.443 e. The summed E-state index contributed by atoms with van der Waals surface area (Å²) in [4.78, 5) is 4.07. The lowest BCUT2D eigenvalue weighted by Crippen LogP contribution is -2.57. The average molecular weight is 369 g/mol. The Labute approximate surface area is 161 Å². The molecule has 0 saturated carbocycles. The van der Waals surface area contributed by atoms with Crippen molar-refractivity contribution in [3.63, 3.8) is 0 Å². The number of fused-ring (bicyclic) bond motifs is 2. The Bertz CT molecular complexity index is 1050. The maximum atomic E-state index is 10.2. The van der Waals surface area contributed by atoms with E-state index in [9.17, 15) is 15.8 Å². The summed E-state index contributed by atoms with van der Waals surface area (Å²) in [7, 11) is 0. The lowest BCUT2D eigenvalue weighted by Gasteiger charge is -2.48. The molecule has 1 aromatic carbocycles. The molecule has 3 heterocycles. The average Bonchev–Trinajstić information content (AvgIpc) is 2.91. The van der Waals surface area contributed by atoms with Gasteiger partial charge in [-0.3, -0.25) is 10.4 Å². The van der Waals surface area contributed by atoms with Gasteiger partial charge < -0.3 is 9.47 Å². The molecule has 0 aliphatic carbocycles. The topological polar surface area (TPSA) is 127 Å². The molecule has 2 fully saturated rings. The van der Waals surface area contributed by atoms with Crippen LogP contribution in [-0.4, -0.2) is 10.9 Å². The number of nitrogens with one attached hydrogen (secondary N) is 1. The third-order valence-corrected chi connectivity index (χ3v) is 5.83. The van der Waals surface area contributed by atoms with Crippen molar-refractivity contribution in [2.45, 2.75) is 18.8 Å². The van der Waals surface area contributed by atoms with E-state index in [1.54, 1.807) is 49.5 Å². The van der Waals surface area contributed by atoms with Gasteiger partial charge >= 0.3 is 0 Å². The van der Waals surface area contributed by atoms with E-state index in [1.165, 1.54) is 6.20 Å². The second-order valence-corrected chi connectivity index (χ2v) is 6.92. The Hall–Kier alpha value is -3.73. The lowest BCUT2D eigenvalue weighted by molar-refractivity contribution is -0.288. The van der Waals surface area contributed by atoms with E-state index in [4.69, 9.17) is 14.9 Å². The van der Waals surface area contributed by atoms with Gasteiger partial charge in [-0.05, 0) is 6.07 Å². The largest absolute Gasteiger partial charge is 0.443 e. The number of pyridine rings is 1. The monoisotopic (exact) mass is 369 g/mol. The number of benzene rings is 1. The molecule has 0 radical (unpaired) electrons. The van der Waals surface area contributed by atoms with Crippen molar-refractivity contribution in [2.75, 3.05) is 0 Å². The summed E-state index contributed by atoms with van der Waals surface area (Å²) in [5.74, 6) is -2.67. The highest BCUT2D eigenvalue weighted by atomic mass is 16.7. The van der Waals surface area contributed by atoms with Gasteiger partial charge in [-0.25, -0.2) is 0 Å². The molecular weight excluding hydrogens is 354 g/mol. The van der Waals surface area contributed by atoms with Crippen molar-refractivity contribution in [1.82, 2.24) is 4.98 Å². The SMILES string of the molecule is CC1C2(c3ccccc3)OC(=N)C1(C#N)C(C#N)(C#N)C(c1cccnc1)O2. The van der Waals surface area contributed by atoms with E-state index in [0.29, 0.717) is 11.1 Å². The zero-order valence-corrected chi connectivity index (χ0v) is 15.0. The Morgan fingerprint density at radius 2 is 1.75 bits per heavy atom. The molecule has 2 saturated heterocycles. The fourth-order valence-corrected chi connectivity index (χ4v) is 4.37. The van der Waals surface area contributed by atoms with Crippen LogP contribution in [0.2, 0.25) is 0 Å². The fourth-order valence-electron chi connectivity index (χ4n) is 4.37. The predicted molar refractivity (Wildman–Crippen MR) is 95.9 cm³/mol. The smallest absolute Gasteiger partial charge is 0.244 e. The molecular formula is C21H15N5O2. The summed E-state index contributed by atoms with van der Waals surface area (Å²) < 4.78 is 12.2. The van der Waals surface area contributed by atoms with Crippen LogP contribution in [0.3, 0.4) is 0 Å². The van der Waals surface area contributed by atoms with Gasteiger partial charge in [0.1, 0.15) is 6.10 Å². The Balaban J connectivity index is 2.05. The number of nitrogens with zero attached hydrogens (tertiary/aromatic N) is 4. The fraction of sp³-hybridized carbons (Fsp3) is 0.286. The molecule has 136 valence electrons. The highest BCUT2D eigenvalue weighted by molar-refractivity contribution is 5.89. The van der Waals surface area contributed by atoms with E-state index in [1.807, 2.05) is 18.2 Å². The van der Waals surface area contributed by atoms with Gasteiger partial charge in [0.15, 0.2) is 5.41 Å². The molecule has 7 heteroatoms. The summed E-state index contributed by atoms with van der Waals surface area (Å²) in [6, 6.07) is 18.5. The molecule has 7 nitrogen and oxygen atoms in total. The maximum absolute atomic E-state index is 10.2. The van der Waals surface area contributed by atoms with Crippen LogP contribution in [-0.2, 0) is 15.3 Å². The maximum Gasteiger partial charge on any atom is 0.244 e. The van der Waals surface area contributed by atoms with Crippen molar-refractivity contribution in [2.24, 2.45) is 16.7 Å². The second kappa shape index (κ2) is 5.89. The van der Waals surface area contributed by atoms with Gasteiger partial charge in [0.25, 0.3) is 0 Å². The number of hydrogen-bond acceptors (Lipinski definition) is 7. The van der Waals surface area contributed by atoms with Crippen LogP contribution in [0.5, 0.6) is 0 Å². The van der Waals surface area contributed by atoms with E-state index < -0.39 is 34.5 Å². The number of hydrogen-bond donors (Lipinski definition) is 1. The zero-order valence-electron chi connectivity index (χ0n) is 15.0. The molecule has 4 unspecified atom stereocenters. The van der Waals surface area contributed by atoms with Crippen molar-refractivity contribution >= 4 is 5.90 Å². The van der Waals surface area contributed by atoms with Gasteiger partial charge in [0.05, 0.1) is 24.1 Å². The van der Waals surface area contributed by atoms with Crippen LogP contribution in [0.15, 0.2) is 54.9 Å². The van der Waals surface area contributed by atoms with Crippen molar-refractivity contribution in [1.29, 1.82) is 21.2 Å². The number of ether oxygens (including phenoxy) is 2. The molecule has 4 atom stereocenters. The molecule has 0 spiro atoms. The lowest BCUT2D eigenvalue weighted by atomic mass is 9.53. The normalized spacial score (nSPS) is 32.4. The molecule has 1 N–H and O–H groups in total. The summed E-state index contributed by atoms with van der Waals surface area (Å²) >= 11 is 0. The molecule has 2 aliphatic rings. The Morgan fingerprint density at radius 3 is 2.32 bits per heavy atom. The van der Waals surface area contributed by atoms with Crippen LogP contribution in [0, 0.1) is 56.2 Å². The first-order valence-corrected chi connectivity index (χ1v) is 8.67. The number of rotatable bonds is 2. The first kappa shape index (κ1) is 17.7. The molecule has 2 aliphatic heterocycles. The number of aromatic nitrogens is 1. The predicted octanol–water partition coefficient (Wildman–Crippen LogP) is 3.19. The van der Waals surface area contributed by atoms with Crippen molar-refractivity contribution in [3.8, 4) is 18.2 Å². The zero-order chi connectivity index (χ0) is 20.0. The molecule has 2 aromatic rings. The Morgan fingerprint density at radius 1 is 1.04 bits per heavy atom. The van der Waals surface area contributed by atoms with Crippen LogP contribution >= 0.6 is 0 Å². The second-order valence-electron chi connectivity index (χ2n) is 6.92. The summed E-state index contributed by atoms with van der Waals surface area (Å²) in [6.07, 6.45) is 1.93. The van der Waals surface area contributed by atoms with Crippen molar-refractivity contribution in [3.05, 3.63) is 66.0 Å². The van der Waals surface area contributed by atoms with Gasteiger partial charge in [-0.2, -0.15) is 15.8 Å². The van der Waals surface area contributed by atoms with Crippen LogP contribution in [0.4, 0.5) is 0 Å². The Kier molecular flexibility index (Phi) is 3.72. The van der Waals surface area contributed by atoms with E-state index in [-0.39, 0.29) is 0 Å². The molecule has 1 aromatic heterocycles. The summed E-state index contributed by atoms with van der Waals surface area (Å²) in [5.41, 5.74) is -2.69. The van der Waals surface area contributed by atoms with Gasteiger partial charge in [-0.15, -0.1) is 0 Å². The van der Waals surface area contributed by atoms with Gasteiger partial charge in [0.2, 0.25) is 17.1 Å². The van der Waals surface area contributed by atoms with Crippen LogP contribution in [0.25, 0.3) is 0 Å². The van der Waals surface area contributed by atoms with Crippen molar-refractivity contribution < 1.29 is 9.47 Å². The van der Waals surface area contributed by atoms with Crippen LogP contribution < -0.4 is 0 Å². The van der Waals surface area contributed by atoms with E-state index in [0.717, 1.165) is 0 Å². The highest BCUT2D eigenvalue weighted by Gasteiger charge is 2.79. The third kappa shape index (κ3) is 1.83. The molecule has 28 heavy (non-hydrogen) atoms. The van der Waals surface area contributed by atoms with Gasteiger partial charge in [-0.1, -0.05) is 43.3 Å². The summed E-state index contributed by atoms with van der Waals surface area (Å²) in [6.45, 7) is 1.68. The minimum absolute atomic E-state index is 0.430. The molecule has 2 bridgehead atoms. The van der Waals surface area contributed by atoms with Crippen LogP contribution in [0.1, 0.15) is 24.2 Å². The van der Waals surface area contributed by atoms with Gasteiger partial charge in [0, 0.05) is 23.5 Å². The molecule has 4 rings (SSSR count). The quantitative estimate of drug-likeness (QED) is 0.866. The first-order valence-electron chi connectivity index (χ1n) is 8.67. The summed E-state index contributed by atoms with van der Waals surface area (Å²) in [5, 5.41) is 38.9. The third-order valence-electron chi connectivity index (χ3n) is 5.83. The molecule has 0 amide bonds. The number of nitriles is 3.